The summed E-state index contributed by atoms with van der Waals surface area (Å²) in [5.74, 6) is 0. The molecule has 2 aliphatic heterocycles. The summed E-state index contributed by atoms with van der Waals surface area (Å²) in [5, 5.41) is 6.86. The highest BCUT2D eigenvalue weighted by Crippen LogP contribution is 2.31. The molecule has 1 spiro atoms. The van der Waals surface area contributed by atoms with E-state index < -0.39 is 0 Å². The molecule has 2 saturated heterocycles. The molecule has 1 atom stereocenters. The van der Waals surface area contributed by atoms with Gasteiger partial charge in [0.25, 0.3) is 0 Å². The molecule has 1 unspecified atom stereocenters. The molecule has 4 nitrogen and oxygen atoms in total. The second-order valence-electron chi connectivity index (χ2n) is 5.27. The van der Waals surface area contributed by atoms with Crippen LogP contribution in [0.2, 0.25) is 0 Å². The molecule has 0 aliphatic carbocycles. The third kappa shape index (κ3) is 2.71. The van der Waals surface area contributed by atoms with Gasteiger partial charge < -0.3 is 10.1 Å². The van der Waals surface area contributed by atoms with E-state index in [9.17, 15) is 0 Å². The second kappa shape index (κ2) is 5.34. The predicted molar refractivity (Wildman–Crippen MR) is 70.3 cm³/mol. The summed E-state index contributed by atoms with van der Waals surface area (Å²) in [6.45, 7) is 3.21. The zero-order valence-electron chi connectivity index (χ0n) is 10.7. The highest BCUT2D eigenvalue weighted by atomic mass is 16.5. The monoisotopic (exact) mass is 247 g/mol. The van der Waals surface area contributed by atoms with Crippen molar-refractivity contribution in [2.75, 3.05) is 19.6 Å². The van der Waals surface area contributed by atoms with Crippen LogP contribution in [0.1, 0.15) is 25.0 Å². The Kier molecular flexibility index (Phi) is 3.59. The standard InChI is InChI=1S/C14H21N3O/c1-2-7-16-12(3-1)11-13-17-10-6-14(18-13)4-8-15-9-5-14/h1-3,7,13,15,17H,4-6,8-11H2. The number of pyridine rings is 1. The summed E-state index contributed by atoms with van der Waals surface area (Å²) in [6, 6.07) is 6.05. The SMILES string of the molecule is c1ccc(CC2NCCC3(CCNCC3)O2)nc1. The molecular weight excluding hydrogens is 226 g/mol. The van der Waals surface area contributed by atoms with Crippen molar-refractivity contribution in [1.29, 1.82) is 0 Å². The van der Waals surface area contributed by atoms with Crippen molar-refractivity contribution >= 4 is 0 Å². The van der Waals surface area contributed by atoms with Gasteiger partial charge in [-0.15, -0.1) is 0 Å². The normalized spacial score (nSPS) is 27.2. The highest BCUT2D eigenvalue weighted by Gasteiger charge is 2.38. The van der Waals surface area contributed by atoms with Crippen LogP contribution in [-0.2, 0) is 11.2 Å². The summed E-state index contributed by atoms with van der Waals surface area (Å²) < 4.78 is 6.33. The zero-order chi connectivity index (χ0) is 12.3. The fourth-order valence-electron chi connectivity index (χ4n) is 2.94. The van der Waals surface area contributed by atoms with Crippen molar-refractivity contribution in [3.05, 3.63) is 30.1 Å². The maximum Gasteiger partial charge on any atom is 0.114 e. The van der Waals surface area contributed by atoms with Crippen molar-refractivity contribution < 1.29 is 4.74 Å². The van der Waals surface area contributed by atoms with Crippen LogP contribution < -0.4 is 10.6 Å². The van der Waals surface area contributed by atoms with Crippen LogP contribution in [0.3, 0.4) is 0 Å². The number of piperidine rings is 1. The van der Waals surface area contributed by atoms with E-state index in [1.807, 2.05) is 18.3 Å². The number of ether oxygens (including phenoxy) is 1. The second-order valence-corrected chi connectivity index (χ2v) is 5.27. The lowest BCUT2D eigenvalue weighted by molar-refractivity contribution is -0.149. The van der Waals surface area contributed by atoms with Crippen LogP contribution in [0.25, 0.3) is 0 Å². The van der Waals surface area contributed by atoms with Gasteiger partial charge in [0.1, 0.15) is 6.23 Å². The molecule has 1 aromatic rings. The number of hydrogen-bond acceptors (Lipinski definition) is 4. The molecule has 98 valence electrons. The quantitative estimate of drug-likeness (QED) is 0.821. The van der Waals surface area contributed by atoms with E-state index in [0.717, 1.165) is 51.0 Å². The summed E-state index contributed by atoms with van der Waals surface area (Å²) in [4.78, 5) is 4.37. The molecule has 3 rings (SSSR count). The van der Waals surface area contributed by atoms with Crippen molar-refractivity contribution in [3.8, 4) is 0 Å². The van der Waals surface area contributed by atoms with E-state index in [4.69, 9.17) is 4.74 Å². The van der Waals surface area contributed by atoms with Gasteiger partial charge in [0, 0.05) is 24.9 Å². The maximum absolute atomic E-state index is 6.33. The van der Waals surface area contributed by atoms with Crippen LogP contribution in [-0.4, -0.2) is 36.4 Å². The van der Waals surface area contributed by atoms with Gasteiger partial charge in [-0.1, -0.05) is 6.07 Å². The first-order chi connectivity index (χ1) is 8.86. The van der Waals surface area contributed by atoms with Gasteiger partial charge >= 0.3 is 0 Å². The van der Waals surface area contributed by atoms with Crippen molar-refractivity contribution in [1.82, 2.24) is 15.6 Å². The van der Waals surface area contributed by atoms with Gasteiger partial charge in [-0.25, -0.2) is 0 Å². The van der Waals surface area contributed by atoms with E-state index in [1.165, 1.54) is 0 Å². The molecule has 0 saturated carbocycles. The van der Waals surface area contributed by atoms with Gasteiger partial charge in [-0.05, 0) is 44.5 Å². The van der Waals surface area contributed by atoms with E-state index in [2.05, 4.69) is 21.7 Å². The minimum atomic E-state index is 0.107. The van der Waals surface area contributed by atoms with Crippen LogP contribution in [0, 0.1) is 0 Å². The van der Waals surface area contributed by atoms with E-state index >= 15 is 0 Å². The summed E-state index contributed by atoms with van der Waals surface area (Å²) >= 11 is 0. The molecule has 3 heterocycles. The molecular formula is C14H21N3O. The molecule has 0 amide bonds. The Labute approximate surface area is 108 Å². The fourth-order valence-corrected chi connectivity index (χ4v) is 2.94. The fraction of sp³-hybridized carbons (Fsp3) is 0.643. The number of nitrogens with zero attached hydrogens (tertiary/aromatic N) is 1. The smallest absolute Gasteiger partial charge is 0.114 e. The van der Waals surface area contributed by atoms with E-state index in [0.29, 0.717) is 0 Å². The molecule has 0 radical (unpaired) electrons. The number of hydrogen-bond donors (Lipinski definition) is 2. The average molecular weight is 247 g/mol. The lowest BCUT2D eigenvalue weighted by atomic mass is 9.87. The first-order valence-corrected chi connectivity index (χ1v) is 6.88. The first kappa shape index (κ1) is 12.1. The first-order valence-electron chi connectivity index (χ1n) is 6.88. The van der Waals surface area contributed by atoms with E-state index in [1.54, 1.807) is 0 Å². The number of aromatic nitrogens is 1. The van der Waals surface area contributed by atoms with Gasteiger partial charge in [0.05, 0.1) is 5.60 Å². The van der Waals surface area contributed by atoms with Gasteiger partial charge in [-0.3, -0.25) is 10.3 Å². The number of rotatable bonds is 2. The summed E-state index contributed by atoms with van der Waals surface area (Å²) in [6.07, 6.45) is 6.22. The molecule has 18 heavy (non-hydrogen) atoms. The Bertz CT molecular complexity index is 370. The average Bonchev–Trinajstić information content (AvgIpc) is 2.41. The molecule has 0 aromatic carbocycles. The van der Waals surface area contributed by atoms with Crippen molar-refractivity contribution in [2.24, 2.45) is 0 Å². The highest BCUT2D eigenvalue weighted by molar-refractivity contribution is 5.05. The minimum Gasteiger partial charge on any atom is -0.356 e. The summed E-state index contributed by atoms with van der Waals surface area (Å²) in [7, 11) is 0. The molecule has 2 N–H and O–H groups in total. The topological polar surface area (TPSA) is 46.2 Å². The lowest BCUT2D eigenvalue weighted by Crippen LogP contribution is -2.55. The Morgan fingerprint density at radius 1 is 1.22 bits per heavy atom. The van der Waals surface area contributed by atoms with Gasteiger partial charge in [0.2, 0.25) is 0 Å². The molecule has 4 heteroatoms. The maximum atomic E-state index is 6.33. The van der Waals surface area contributed by atoms with Gasteiger partial charge in [-0.2, -0.15) is 0 Å². The Morgan fingerprint density at radius 2 is 2.06 bits per heavy atom. The predicted octanol–water partition coefficient (Wildman–Crippen LogP) is 1.08. The third-order valence-electron chi connectivity index (χ3n) is 3.98. The van der Waals surface area contributed by atoms with Crippen LogP contribution in [0.15, 0.2) is 24.4 Å². The molecule has 0 bridgehead atoms. The number of nitrogens with one attached hydrogen (secondary N) is 2. The molecule has 1 aromatic heterocycles. The molecule has 2 fully saturated rings. The minimum absolute atomic E-state index is 0.107. The molecule has 2 aliphatic rings. The Hall–Kier alpha value is -0.970. The Balaban J connectivity index is 1.63. The van der Waals surface area contributed by atoms with Crippen molar-refractivity contribution in [2.45, 2.75) is 37.5 Å². The van der Waals surface area contributed by atoms with Crippen LogP contribution in [0.5, 0.6) is 0 Å². The van der Waals surface area contributed by atoms with Gasteiger partial charge in [0.15, 0.2) is 0 Å². The van der Waals surface area contributed by atoms with Crippen molar-refractivity contribution in [3.63, 3.8) is 0 Å². The third-order valence-corrected chi connectivity index (χ3v) is 3.98. The zero-order valence-corrected chi connectivity index (χ0v) is 10.7. The van der Waals surface area contributed by atoms with Crippen LogP contribution >= 0.6 is 0 Å². The van der Waals surface area contributed by atoms with E-state index in [-0.39, 0.29) is 11.8 Å². The summed E-state index contributed by atoms with van der Waals surface area (Å²) in [5.41, 5.74) is 1.21. The van der Waals surface area contributed by atoms with Crippen LogP contribution in [0.4, 0.5) is 0 Å². The Morgan fingerprint density at radius 3 is 2.83 bits per heavy atom. The lowest BCUT2D eigenvalue weighted by Gasteiger charge is -2.44. The largest absolute Gasteiger partial charge is 0.356 e.